The first-order valence-electron chi connectivity index (χ1n) is 8.10. The summed E-state index contributed by atoms with van der Waals surface area (Å²) in [5.74, 6) is -0.472. The van der Waals surface area contributed by atoms with E-state index in [1.807, 2.05) is 6.92 Å². The lowest BCUT2D eigenvalue weighted by Crippen LogP contribution is -2.32. The highest BCUT2D eigenvalue weighted by molar-refractivity contribution is 5.98. The summed E-state index contributed by atoms with van der Waals surface area (Å²) in [7, 11) is 0. The fourth-order valence-electron chi connectivity index (χ4n) is 4.02. The molecule has 1 saturated carbocycles. The number of halogens is 3. The SMILES string of the molecule is CCCC1(O)C[C@H]2CN(c3ccc(OC(F)(F)F)cc3)C(=O)[C@H]2C1. The van der Waals surface area contributed by atoms with Crippen molar-refractivity contribution in [3.63, 3.8) is 0 Å². The van der Waals surface area contributed by atoms with E-state index in [0.717, 1.165) is 6.42 Å². The number of nitrogens with zero attached hydrogens (tertiary/aromatic N) is 1. The van der Waals surface area contributed by atoms with Gasteiger partial charge in [0.2, 0.25) is 5.91 Å². The molecule has 2 fully saturated rings. The van der Waals surface area contributed by atoms with Crippen LogP contribution in [0.25, 0.3) is 0 Å². The number of benzene rings is 1. The summed E-state index contributed by atoms with van der Waals surface area (Å²) < 4.78 is 40.4. The second kappa shape index (κ2) is 5.95. The Kier molecular flexibility index (Phi) is 4.23. The van der Waals surface area contributed by atoms with Crippen molar-refractivity contribution in [3.8, 4) is 5.75 Å². The van der Waals surface area contributed by atoms with Gasteiger partial charge in [-0.25, -0.2) is 0 Å². The van der Waals surface area contributed by atoms with E-state index in [2.05, 4.69) is 4.74 Å². The monoisotopic (exact) mass is 343 g/mol. The van der Waals surface area contributed by atoms with Crippen molar-refractivity contribution in [2.45, 2.75) is 44.6 Å². The summed E-state index contributed by atoms with van der Waals surface area (Å²) >= 11 is 0. The lowest BCUT2D eigenvalue weighted by atomic mass is 9.94. The van der Waals surface area contributed by atoms with Crippen molar-refractivity contribution >= 4 is 11.6 Å². The highest BCUT2D eigenvalue weighted by Gasteiger charge is 2.52. The van der Waals surface area contributed by atoms with E-state index in [1.165, 1.54) is 24.3 Å². The van der Waals surface area contributed by atoms with Crippen LogP contribution in [0, 0.1) is 11.8 Å². The zero-order chi connectivity index (χ0) is 17.5. The van der Waals surface area contributed by atoms with E-state index in [4.69, 9.17) is 0 Å². The van der Waals surface area contributed by atoms with Gasteiger partial charge in [0.1, 0.15) is 5.75 Å². The van der Waals surface area contributed by atoms with Gasteiger partial charge in [0.15, 0.2) is 0 Å². The van der Waals surface area contributed by atoms with Crippen LogP contribution in [0.2, 0.25) is 0 Å². The lowest BCUT2D eigenvalue weighted by Gasteiger charge is -2.25. The van der Waals surface area contributed by atoms with Gasteiger partial charge in [0.25, 0.3) is 0 Å². The van der Waals surface area contributed by atoms with Crippen LogP contribution in [-0.2, 0) is 4.79 Å². The Balaban J connectivity index is 1.69. The molecule has 24 heavy (non-hydrogen) atoms. The van der Waals surface area contributed by atoms with Crippen molar-refractivity contribution in [2.24, 2.45) is 11.8 Å². The zero-order valence-electron chi connectivity index (χ0n) is 13.3. The van der Waals surface area contributed by atoms with Gasteiger partial charge in [-0.15, -0.1) is 13.2 Å². The van der Waals surface area contributed by atoms with Crippen LogP contribution < -0.4 is 9.64 Å². The Labute approximate surface area is 138 Å². The summed E-state index contributed by atoms with van der Waals surface area (Å²) in [6.07, 6.45) is -2.10. The molecule has 3 atom stereocenters. The highest BCUT2D eigenvalue weighted by Crippen LogP contribution is 2.47. The fourth-order valence-corrected chi connectivity index (χ4v) is 4.02. The number of alkyl halides is 3. The minimum atomic E-state index is -4.73. The molecular weight excluding hydrogens is 323 g/mol. The predicted molar refractivity (Wildman–Crippen MR) is 81.5 cm³/mol. The summed E-state index contributed by atoms with van der Waals surface area (Å²) in [5, 5.41) is 10.5. The largest absolute Gasteiger partial charge is 0.573 e. The molecule has 1 aromatic rings. The molecule has 1 amide bonds. The predicted octanol–water partition coefficient (Wildman–Crippen LogP) is 3.49. The van der Waals surface area contributed by atoms with Crippen molar-refractivity contribution in [1.29, 1.82) is 0 Å². The Bertz CT molecular complexity index is 617. The van der Waals surface area contributed by atoms with E-state index < -0.39 is 12.0 Å². The molecule has 7 heteroatoms. The fraction of sp³-hybridized carbons (Fsp3) is 0.588. The molecular formula is C17H20F3NO3. The number of fused-ring (bicyclic) bond motifs is 1. The number of amides is 1. The third-order valence-corrected chi connectivity index (χ3v) is 4.91. The molecule has 3 rings (SSSR count). The standard InChI is InChI=1S/C17H20F3NO3/c1-2-7-16(23)8-11-10-21(15(22)14(11)9-16)12-3-5-13(6-4-12)24-17(18,19)20/h3-6,11,14,23H,2,7-10H2,1H3/t11-,14-,16?/m0/s1. The molecule has 0 radical (unpaired) electrons. The number of hydrogen-bond acceptors (Lipinski definition) is 3. The summed E-state index contributed by atoms with van der Waals surface area (Å²) in [4.78, 5) is 14.2. The van der Waals surface area contributed by atoms with Gasteiger partial charge >= 0.3 is 6.36 Å². The molecule has 2 aliphatic rings. The van der Waals surface area contributed by atoms with Crippen LogP contribution in [0.4, 0.5) is 18.9 Å². The van der Waals surface area contributed by atoms with Gasteiger partial charge in [-0.2, -0.15) is 0 Å². The molecule has 132 valence electrons. The number of anilines is 1. The number of aliphatic hydroxyl groups is 1. The van der Waals surface area contributed by atoms with Gasteiger partial charge in [-0.1, -0.05) is 13.3 Å². The van der Waals surface area contributed by atoms with E-state index in [0.29, 0.717) is 31.5 Å². The Hall–Kier alpha value is -1.76. The van der Waals surface area contributed by atoms with Crippen LogP contribution in [-0.4, -0.2) is 29.5 Å². The van der Waals surface area contributed by atoms with Gasteiger partial charge < -0.3 is 14.7 Å². The van der Waals surface area contributed by atoms with E-state index in [1.54, 1.807) is 4.90 Å². The molecule has 1 saturated heterocycles. The van der Waals surface area contributed by atoms with E-state index >= 15 is 0 Å². The Morgan fingerprint density at radius 3 is 2.50 bits per heavy atom. The van der Waals surface area contributed by atoms with Crippen molar-refractivity contribution < 1.29 is 27.8 Å². The molecule has 0 bridgehead atoms. The van der Waals surface area contributed by atoms with Crippen molar-refractivity contribution in [2.75, 3.05) is 11.4 Å². The Morgan fingerprint density at radius 1 is 1.29 bits per heavy atom. The van der Waals surface area contributed by atoms with Gasteiger partial charge in [0.05, 0.1) is 5.60 Å². The maximum absolute atomic E-state index is 12.6. The summed E-state index contributed by atoms with van der Waals surface area (Å²) in [5.41, 5.74) is -0.195. The molecule has 1 unspecified atom stereocenters. The van der Waals surface area contributed by atoms with Crippen LogP contribution in [0.5, 0.6) is 5.75 Å². The molecule has 1 heterocycles. The third-order valence-electron chi connectivity index (χ3n) is 4.91. The quantitative estimate of drug-likeness (QED) is 0.910. The molecule has 1 aliphatic carbocycles. The molecule has 1 N–H and O–H groups in total. The molecule has 1 aromatic carbocycles. The maximum Gasteiger partial charge on any atom is 0.573 e. The number of carbonyl (C=O) groups is 1. The topological polar surface area (TPSA) is 49.8 Å². The van der Waals surface area contributed by atoms with Crippen LogP contribution in [0.3, 0.4) is 0 Å². The Morgan fingerprint density at radius 2 is 1.96 bits per heavy atom. The number of carbonyl (C=O) groups excluding carboxylic acids is 1. The van der Waals surface area contributed by atoms with E-state index in [-0.39, 0.29) is 23.5 Å². The molecule has 1 aliphatic heterocycles. The average molecular weight is 343 g/mol. The number of rotatable bonds is 4. The zero-order valence-corrected chi connectivity index (χ0v) is 13.3. The van der Waals surface area contributed by atoms with Crippen molar-refractivity contribution in [1.82, 2.24) is 0 Å². The maximum atomic E-state index is 12.6. The molecule has 0 aromatic heterocycles. The van der Waals surface area contributed by atoms with Crippen LogP contribution in [0.15, 0.2) is 24.3 Å². The number of ether oxygens (including phenoxy) is 1. The minimum absolute atomic E-state index is 0.0588. The first-order chi connectivity index (χ1) is 11.2. The second-order valence-electron chi connectivity index (χ2n) is 6.74. The van der Waals surface area contributed by atoms with E-state index in [9.17, 15) is 23.1 Å². The normalized spacial score (nSPS) is 29.9. The van der Waals surface area contributed by atoms with Gasteiger partial charge in [-0.05, 0) is 49.4 Å². The first kappa shape index (κ1) is 17.1. The van der Waals surface area contributed by atoms with Crippen LogP contribution in [0.1, 0.15) is 32.6 Å². The first-order valence-corrected chi connectivity index (χ1v) is 8.10. The highest BCUT2D eigenvalue weighted by atomic mass is 19.4. The summed E-state index contributed by atoms with van der Waals surface area (Å²) in [6, 6.07) is 5.33. The number of hydrogen-bond donors (Lipinski definition) is 1. The van der Waals surface area contributed by atoms with Crippen LogP contribution >= 0.6 is 0 Å². The smallest absolute Gasteiger partial charge is 0.406 e. The van der Waals surface area contributed by atoms with Crippen molar-refractivity contribution in [3.05, 3.63) is 24.3 Å². The minimum Gasteiger partial charge on any atom is -0.406 e. The second-order valence-corrected chi connectivity index (χ2v) is 6.74. The summed E-state index contributed by atoms with van der Waals surface area (Å²) in [6.45, 7) is 2.50. The average Bonchev–Trinajstić information content (AvgIpc) is 2.94. The molecule has 0 spiro atoms. The van der Waals surface area contributed by atoms with Gasteiger partial charge in [-0.3, -0.25) is 4.79 Å². The molecule has 4 nitrogen and oxygen atoms in total. The third kappa shape index (κ3) is 3.36. The van der Waals surface area contributed by atoms with Gasteiger partial charge in [0, 0.05) is 18.2 Å². The lowest BCUT2D eigenvalue weighted by molar-refractivity contribution is -0.274.